The van der Waals surface area contributed by atoms with Crippen LogP contribution >= 0.6 is 11.3 Å². The second-order valence-corrected chi connectivity index (χ2v) is 9.15. The lowest BCUT2D eigenvalue weighted by molar-refractivity contribution is -0.384. The van der Waals surface area contributed by atoms with E-state index in [1.165, 1.54) is 35.1 Å². The van der Waals surface area contributed by atoms with Gasteiger partial charge in [0.2, 0.25) is 5.91 Å². The molecule has 35 heavy (non-hydrogen) atoms. The normalized spacial score (nSPS) is 13.4. The Kier molecular flexibility index (Phi) is 7.69. The molecule has 1 amide bonds. The zero-order chi connectivity index (χ0) is 24.8. The fourth-order valence-electron chi connectivity index (χ4n) is 3.97. The van der Waals surface area contributed by atoms with Crippen molar-refractivity contribution in [3.63, 3.8) is 0 Å². The first-order chi connectivity index (χ1) is 16.9. The predicted octanol–water partition coefficient (Wildman–Crippen LogP) is 5.04. The minimum atomic E-state index is -0.476. The maximum absolute atomic E-state index is 12.8. The van der Waals surface area contributed by atoms with Crippen LogP contribution in [0.5, 0.6) is 0 Å². The molecule has 1 N–H and O–H groups in total. The molecule has 0 unspecified atom stereocenters. The number of non-ortho nitro benzene ring substituents is 1. The number of nitro groups is 1. The van der Waals surface area contributed by atoms with Gasteiger partial charge in [-0.25, -0.2) is 4.79 Å². The van der Waals surface area contributed by atoms with E-state index < -0.39 is 16.8 Å². The number of rotatable bonds is 8. The van der Waals surface area contributed by atoms with Crippen molar-refractivity contribution < 1.29 is 19.2 Å². The van der Waals surface area contributed by atoms with E-state index >= 15 is 0 Å². The van der Waals surface area contributed by atoms with Gasteiger partial charge in [0.1, 0.15) is 5.00 Å². The molecular formula is C26H25N3O5S. The number of carbonyl (C=O) groups excluding carboxylic acids is 2. The Morgan fingerprint density at radius 3 is 2.60 bits per heavy atom. The van der Waals surface area contributed by atoms with Gasteiger partial charge in [0.25, 0.3) is 5.69 Å². The summed E-state index contributed by atoms with van der Waals surface area (Å²) < 4.78 is 5.29. The molecule has 0 fully saturated rings. The Hall–Kier alpha value is -3.82. The van der Waals surface area contributed by atoms with Crippen molar-refractivity contribution in [2.24, 2.45) is 0 Å². The summed E-state index contributed by atoms with van der Waals surface area (Å²) in [6.45, 7) is 4.31. The third-order valence-electron chi connectivity index (χ3n) is 5.63. The van der Waals surface area contributed by atoms with E-state index in [0.29, 0.717) is 29.1 Å². The topological polar surface area (TPSA) is 102 Å². The first kappa shape index (κ1) is 24.3. The lowest BCUT2D eigenvalue weighted by Crippen LogP contribution is -2.29. The van der Waals surface area contributed by atoms with E-state index in [1.54, 1.807) is 25.1 Å². The molecule has 3 aromatic rings. The summed E-state index contributed by atoms with van der Waals surface area (Å²) in [5.41, 5.74) is 3.23. The number of nitrogens with one attached hydrogen (secondary N) is 1. The smallest absolute Gasteiger partial charge is 0.341 e. The van der Waals surface area contributed by atoms with E-state index in [0.717, 1.165) is 23.5 Å². The molecule has 1 aromatic heterocycles. The lowest BCUT2D eigenvalue weighted by atomic mass is 10.0. The number of hydrogen-bond acceptors (Lipinski definition) is 7. The van der Waals surface area contributed by atoms with Crippen molar-refractivity contribution in [2.75, 3.05) is 18.5 Å². The quantitative estimate of drug-likeness (QED) is 0.205. The molecular weight excluding hydrogens is 466 g/mol. The van der Waals surface area contributed by atoms with Crippen molar-refractivity contribution in [2.45, 2.75) is 26.4 Å². The highest BCUT2D eigenvalue weighted by Crippen LogP contribution is 2.38. The number of thiophene rings is 1. The van der Waals surface area contributed by atoms with Crippen molar-refractivity contribution in [1.29, 1.82) is 0 Å². The van der Waals surface area contributed by atoms with Gasteiger partial charge in [0.05, 0.1) is 17.1 Å². The van der Waals surface area contributed by atoms with Crippen LogP contribution in [0.3, 0.4) is 0 Å². The van der Waals surface area contributed by atoms with Crippen LogP contribution in [0, 0.1) is 10.1 Å². The number of nitro benzene ring substituents is 1. The van der Waals surface area contributed by atoms with Crippen LogP contribution in [0.2, 0.25) is 0 Å². The molecule has 9 heteroatoms. The number of hydrogen-bond donors (Lipinski definition) is 1. The SMILES string of the molecule is CCOC(=O)c1c(NC(=O)C=Cc2ccc([N+](=O)[O-])cc2)sc2c1CCN(Cc1ccccc1)C2. The highest BCUT2D eigenvalue weighted by molar-refractivity contribution is 7.17. The number of esters is 1. The standard InChI is InChI=1S/C26H25N3O5S/c1-2-34-26(31)24-21-14-15-28(16-19-6-4-3-5-7-19)17-22(21)35-25(24)27-23(30)13-10-18-8-11-20(12-9-18)29(32)33/h3-13H,2,14-17H2,1H3,(H,27,30). The average molecular weight is 492 g/mol. The second-order valence-electron chi connectivity index (χ2n) is 8.05. The van der Waals surface area contributed by atoms with Crippen LogP contribution in [0.15, 0.2) is 60.7 Å². The minimum absolute atomic E-state index is 0.0174. The van der Waals surface area contributed by atoms with Crippen LogP contribution < -0.4 is 5.32 Å². The summed E-state index contributed by atoms with van der Waals surface area (Å²) >= 11 is 1.40. The first-order valence-corrected chi connectivity index (χ1v) is 12.1. The maximum atomic E-state index is 12.8. The van der Waals surface area contributed by atoms with Gasteiger partial charge >= 0.3 is 5.97 Å². The Morgan fingerprint density at radius 2 is 1.91 bits per heavy atom. The Balaban J connectivity index is 1.51. The number of carbonyl (C=O) groups is 2. The minimum Gasteiger partial charge on any atom is -0.462 e. The summed E-state index contributed by atoms with van der Waals surface area (Å²) in [6, 6.07) is 16.1. The molecule has 0 saturated heterocycles. The largest absolute Gasteiger partial charge is 0.462 e. The van der Waals surface area contributed by atoms with Crippen molar-refractivity contribution in [1.82, 2.24) is 4.90 Å². The molecule has 2 aromatic carbocycles. The van der Waals surface area contributed by atoms with E-state index in [-0.39, 0.29) is 12.3 Å². The molecule has 180 valence electrons. The molecule has 0 radical (unpaired) electrons. The monoisotopic (exact) mass is 491 g/mol. The maximum Gasteiger partial charge on any atom is 0.341 e. The van der Waals surface area contributed by atoms with E-state index in [9.17, 15) is 19.7 Å². The molecule has 4 rings (SSSR count). The van der Waals surface area contributed by atoms with Gasteiger partial charge in [-0.3, -0.25) is 19.8 Å². The first-order valence-electron chi connectivity index (χ1n) is 11.3. The number of amides is 1. The van der Waals surface area contributed by atoms with Gasteiger partial charge in [0.15, 0.2) is 0 Å². The van der Waals surface area contributed by atoms with Crippen LogP contribution in [0.4, 0.5) is 10.7 Å². The van der Waals surface area contributed by atoms with E-state index in [1.807, 2.05) is 18.2 Å². The molecule has 1 aliphatic heterocycles. The number of anilines is 1. The van der Waals surface area contributed by atoms with Gasteiger partial charge in [-0.2, -0.15) is 0 Å². The third-order valence-corrected chi connectivity index (χ3v) is 6.76. The van der Waals surface area contributed by atoms with Crippen LogP contribution in [0.25, 0.3) is 6.08 Å². The summed E-state index contributed by atoms with van der Waals surface area (Å²) in [5.74, 6) is -0.829. The number of fused-ring (bicyclic) bond motifs is 1. The molecule has 0 bridgehead atoms. The Labute approximate surface area is 207 Å². The zero-order valence-corrected chi connectivity index (χ0v) is 20.0. The van der Waals surface area contributed by atoms with Gasteiger partial charge in [-0.1, -0.05) is 30.3 Å². The Morgan fingerprint density at radius 1 is 1.17 bits per heavy atom. The van der Waals surface area contributed by atoms with Crippen LogP contribution in [-0.4, -0.2) is 34.9 Å². The molecule has 1 aliphatic rings. The fourth-order valence-corrected chi connectivity index (χ4v) is 5.25. The van der Waals surface area contributed by atoms with Gasteiger partial charge in [0, 0.05) is 42.7 Å². The molecule has 0 aliphatic carbocycles. The summed E-state index contributed by atoms with van der Waals surface area (Å²) in [4.78, 5) is 39.1. The highest BCUT2D eigenvalue weighted by Gasteiger charge is 2.29. The number of benzene rings is 2. The van der Waals surface area contributed by atoms with Crippen molar-refractivity contribution in [3.8, 4) is 0 Å². The molecule has 8 nitrogen and oxygen atoms in total. The lowest BCUT2D eigenvalue weighted by Gasteiger charge is -2.27. The molecule has 0 saturated carbocycles. The molecule has 0 atom stereocenters. The van der Waals surface area contributed by atoms with Crippen LogP contribution in [0.1, 0.15) is 38.8 Å². The third kappa shape index (κ3) is 6.00. The average Bonchev–Trinajstić information content (AvgIpc) is 3.20. The van der Waals surface area contributed by atoms with E-state index in [4.69, 9.17) is 4.74 Å². The number of nitrogens with zero attached hydrogens (tertiary/aromatic N) is 2. The summed E-state index contributed by atoms with van der Waals surface area (Å²) in [7, 11) is 0. The Bertz CT molecular complexity index is 1250. The molecule has 2 heterocycles. The highest BCUT2D eigenvalue weighted by atomic mass is 32.1. The van der Waals surface area contributed by atoms with Gasteiger partial charge < -0.3 is 10.1 Å². The number of ether oxygens (including phenoxy) is 1. The predicted molar refractivity (Wildman–Crippen MR) is 135 cm³/mol. The molecule has 0 spiro atoms. The van der Waals surface area contributed by atoms with Gasteiger partial charge in [-0.05, 0) is 48.2 Å². The fraction of sp³-hybridized carbons (Fsp3) is 0.231. The summed E-state index contributed by atoms with van der Waals surface area (Å²) in [6.07, 6.45) is 3.61. The summed E-state index contributed by atoms with van der Waals surface area (Å²) in [5, 5.41) is 14.1. The van der Waals surface area contributed by atoms with Crippen molar-refractivity contribution in [3.05, 3.63) is 97.9 Å². The van der Waals surface area contributed by atoms with Crippen LogP contribution in [-0.2, 0) is 29.0 Å². The zero-order valence-electron chi connectivity index (χ0n) is 19.2. The second kappa shape index (κ2) is 11.1. The van der Waals surface area contributed by atoms with Gasteiger partial charge in [-0.15, -0.1) is 11.3 Å². The van der Waals surface area contributed by atoms with E-state index in [2.05, 4.69) is 22.3 Å². The van der Waals surface area contributed by atoms with Crippen molar-refractivity contribution >= 4 is 40.0 Å².